The predicted octanol–water partition coefficient (Wildman–Crippen LogP) is 3.19. The van der Waals surface area contributed by atoms with Gasteiger partial charge in [0.1, 0.15) is 5.82 Å². The number of halogens is 1. The number of aromatic amines is 1. The second-order valence-electron chi connectivity index (χ2n) is 9.59. The summed E-state index contributed by atoms with van der Waals surface area (Å²) in [6, 6.07) is 4.22. The van der Waals surface area contributed by atoms with E-state index >= 15 is 0 Å². The highest BCUT2D eigenvalue weighted by atomic mass is 19.1. The number of fused-ring (bicyclic) bond motifs is 2. The molecule has 0 spiro atoms. The standard InChI is InChI=1S/C26H31FN4O3/c1-16-23(13-20-19-12-17(27)7-8-21(19)29-25(20)33)28-22-6-5-11-31(26(34)24(16)22)15-18(32)14-30-9-3-2-4-10-30/h7-8,12-13,18,28,32H,2-6,9-11,14-15H2,1H3,(H,29,33)/b20-13-/t18-/m0/s1. The normalized spacial score (nSPS) is 20.8. The quantitative estimate of drug-likeness (QED) is 0.591. The lowest BCUT2D eigenvalue weighted by Gasteiger charge is -2.31. The maximum absolute atomic E-state index is 13.8. The summed E-state index contributed by atoms with van der Waals surface area (Å²) in [5.41, 5.74) is 4.37. The van der Waals surface area contributed by atoms with Gasteiger partial charge in [-0.1, -0.05) is 6.42 Å². The van der Waals surface area contributed by atoms with Gasteiger partial charge < -0.3 is 25.2 Å². The Morgan fingerprint density at radius 2 is 1.91 bits per heavy atom. The number of rotatable bonds is 5. The van der Waals surface area contributed by atoms with Crippen LogP contribution < -0.4 is 5.32 Å². The molecular formula is C26H31FN4O3. The van der Waals surface area contributed by atoms with Crippen molar-refractivity contribution in [3.8, 4) is 0 Å². The number of hydrogen-bond donors (Lipinski definition) is 3. The molecule has 0 radical (unpaired) electrons. The van der Waals surface area contributed by atoms with Crippen molar-refractivity contribution in [2.24, 2.45) is 0 Å². The molecule has 1 aromatic carbocycles. The molecule has 34 heavy (non-hydrogen) atoms. The van der Waals surface area contributed by atoms with Gasteiger partial charge in [0.15, 0.2) is 0 Å². The molecular weight excluding hydrogens is 435 g/mol. The first-order valence-corrected chi connectivity index (χ1v) is 12.1. The molecule has 2 amide bonds. The molecule has 1 aromatic heterocycles. The van der Waals surface area contributed by atoms with Gasteiger partial charge in [-0.15, -0.1) is 0 Å². The van der Waals surface area contributed by atoms with Crippen LogP contribution in [-0.2, 0) is 11.2 Å². The molecule has 3 N–H and O–H groups in total. The van der Waals surface area contributed by atoms with Gasteiger partial charge >= 0.3 is 0 Å². The lowest BCUT2D eigenvalue weighted by molar-refractivity contribution is -0.110. The number of piperidine rings is 1. The Morgan fingerprint density at radius 3 is 2.71 bits per heavy atom. The van der Waals surface area contributed by atoms with Crippen molar-refractivity contribution >= 4 is 29.2 Å². The average Bonchev–Trinajstić information content (AvgIpc) is 3.23. The number of carbonyl (C=O) groups is 2. The van der Waals surface area contributed by atoms with Crippen LogP contribution in [0, 0.1) is 12.7 Å². The number of aliphatic hydroxyl groups excluding tert-OH is 1. The summed E-state index contributed by atoms with van der Waals surface area (Å²) in [7, 11) is 0. The summed E-state index contributed by atoms with van der Waals surface area (Å²) >= 11 is 0. The summed E-state index contributed by atoms with van der Waals surface area (Å²) in [6.45, 7) is 5.38. The Labute approximate surface area is 198 Å². The van der Waals surface area contributed by atoms with Crippen LogP contribution in [0.25, 0.3) is 11.6 Å². The van der Waals surface area contributed by atoms with Crippen molar-refractivity contribution in [2.45, 2.75) is 45.1 Å². The molecule has 3 aliphatic rings. The summed E-state index contributed by atoms with van der Waals surface area (Å²) in [5, 5.41) is 13.5. The van der Waals surface area contributed by atoms with E-state index in [1.54, 1.807) is 17.0 Å². The van der Waals surface area contributed by atoms with Crippen LogP contribution in [-0.4, -0.2) is 70.5 Å². The number of amides is 2. The molecule has 180 valence electrons. The Hall–Kier alpha value is -2.97. The minimum absolute atomic E-state index is 0.0917. The molecule has 2 aromatic rings. The van der Waals surface area contributed by atoms with Crippen molar-refractivity contribution in [3.63, 3.8) is 0 Å². The number of anilines is 1. The molecule has 5 rings (SSSR count). The van der Waals surface area contributed by atoms with E-state index in [1.165, 1.54) is 18.6 Å². The van der Waals surface area contributed by atoms with Gasteiger partial charge in [-0.05, 0) is 75.5 Å². The van der Waals surface area contributed by atoms with Crippen LogP contribution in [0.15, 0.2) is 18.2 Å². The number of β-amino-alcohol motifs (C(OH)–C–C–N with tert-alkyl or cyclic N) is 1. The summed E-state index contributed by atoms with van der Waals surface area (Å²) in [5.74, 6) is -0.793. The first kappa shape index (κ1) is 22.8. The maximum atomic E-state index is 13.8. The molecule has 0 bridgehead atoms. The Balaban J connectivity index is 1.38. The highest BCUT2D eigenvalue weighted by molar-refractivity contribution is 6.34. The summed E-state index contributed by atoms with van der Waals surface area (Å²) < 4.78 is 13.8. The minimum Gasteiger partial charge on any atom is -0.390 e. The first-order chi connectivity index (χ1) is 16.4. The Bertz CT molecular complexity index is 1150. The average molecular weight is 467 g/mol. The number of aromatic nitrogens is 1. The van der Waals surface area contributed by atoms with E-state index in [9.17, 15) is 19.1 Å². The number of carbonyl (C=O) groups excluding carboxylic acids is 2. The second-order valence-corrected chi connectivity index (χ2v) is 9.59. The highest BCUT2D eigenvalue weighted by Crippen LogP contribution is 2.35. The van der Waals surface area contributed by atoms with Crippen LogP contribution in [0.5, 0.6) is 0 Å². The number of hydrogen-bond acceptors (Lipinski definition) is 4. The van der Waals surface area contributed by atoms with Gasteiger partial charge in [0.2, 0.25) is 0 Å². The van der Waals surface area contributed by atoms with E-state index in [2.05, 4.69) is 15.2 Å². The van der Waals surface area contributed by atoms with E-state index in [4.69, 9.17) is 0 Å². The fourth-order valence-corrected chi connectivity index (χ4v) is 5.38. The number of benzene rings is 1. The van der Waals surface area contributed by atoms with Gasteiger partial charge in [-0.2, -0.15) is 0 Å². The molecule has 4 heterocycles. The molecule has 3 aliphatic heterocycles. The monoisotopic (exact) mass is 466 g/mol. The van der Waals surface area contributed by atoms with E-state index < -0.39 is 11.9 Å². The summed E-state index contributed by atoms with van der Waals surface area (Å²) in [6.07, 6.45) is 6.18. The van der Waals surface area contributed by atoms with Crippen molar-refractivity contribution in [1.29, 1.82) is 0 Å². The Morgan fingerprint density at radius 1 is 1.12 bits per heavy atom. The van der Waals surface area contributed by atoms with Crippen LogP contribution in [0.2, 0.25) is 0 Å². The number of nitrogens with one attached hydrogen (secondary N) is 2. The van der Waals surface area contributed by atoms with Crippen LogP contribution in [0.3, 0.4) is 0 Å². The number of H-pyrrole nitrogens is 1. The van der Waals surface area contributed by atoms with Gasteiger partial charge in [0.05, 0.1) is 17.2 Å². The molecule has 7 nitrogen and oxygen atoms in total. The molecule has 1 fully saturated rings. The van der Waals surface area contributed by atoms with E-state index in [0.29, 0.717) is 54.1 Å². The highest BCUT2D eigenvalue weighted by Gasteiger charge is 2.30. The smallest absolute Gasteiger partial charge is 0.256 e. The third kappa shape index (κ3) is 4.40. The third-order valence-electron chi connectivity index (χ3n) is 7.12. The van der Waals surface area contributed by atoms with Crippen LogP contribution in [0.4, 0.5) is 10.1 Å². The van der Waals surface area contributed by atoms with E-state index in [1.807, 2.05) is 6.92 Å². The zero-order valence-electron chi connectivity index (χ0n) is 19.5. The maximum Gasteiger partial charge on any atom is 0.256 e. The van der Waals surface area contributed by atoms with Crippen LogP contribution in [0.1, 0.15) is 58.6 Å². The fourth-order valence-electron chi connectivity index (χ4n) is 5.38. The topological polar surface area (TPSA) is 88.7 Å². The second kappa shape index (κ2) is 9.35. The van der Waals surface area contributed by atoms with Gasteiger partial charge in [0.25, 0.3) is 11.8 Å². The molecule has 1 saturated heterocycles. The van der Waals surface area contributed by atoms with Gasteiger partial charge in [0, 0.05) is 42.3 Å². The molecule has 8 heteroatoms. The number of nitrogens with zero attached hydrogens (tertiary/aromatic N) is 2. The van der Waals surface area contributed by atoms with Crippen molar-refractivity contribution in [3.05, 3.63) is 52.1 Å². The zero-order chi connectivity index (χ0) is 23.8. The number of aliphatic hydroxyl groups is 1. The summed E-state index contributed by atoms with van der Waals surface area (Å²) in [4.78, 5) is 33.4. The minimum atomic E-state index is -0.585. The lowest BCUT2D eigenvalue weighted by atomic mass is 10.0. The molecule has 0 aliphatic carbocycles. The third-order valence-corrected chi connectivity index (χ3v) is 7.12. The largest absolute Gasteiger partial charge is 0.390 e. The SMILES string of the molecule is Cc1c(/C=C2\C(=O)Nc3ccc(F)cc32)[nH]c2c1C(=O)N(C[C@@H](O)CN1CCCCC1)CCC2. The van der Waals surface area contributed by atoms with E-state index in [0.717, 1.165) is 43.6 Å². The molecule has 0 saturated carbocycles. The number of likely N-dealkylation sites (tertiary alicyclic amines) is 1. The predicted molar refractivity (Wildman–Crippen MR) is 129 cm³/mol. The Kier molecular flexibility index (Phi) is 6.27. The van der Waals surface area contributed by atoms with Crippen molar-refractivity contribution in [1.82, 2.24) is 14.8 Å². The van der Waals surface area contributed by atoms with Crippen molar-refractivity contribution < 1.29 is 19.1 Å². The van der Waals surface area contributed by atoms with E-state index in [-0.39, 0.29) is 11.8 Å². The molecule has 1 atom stereocenters. The van der Waals surface area contributed by atoms with Crippen molar-refractivity contribution in [2.75, 3.05) is 38.0 Å². The first-order valence-electron chi connectivity index (χ1n) is 12.1. The van der Waals surface area contributed by atoms with Crippen LogP contribution >= 0.6 is 0 Å². The fraction of sp³-hybridized carbons (Fsp3) is 0.462. The van der Waals surface area contributed by atoms with Gasteiger partial charge in [-0.3, -0.25) is 9.59 Å². The molecule has 0 unspecified atom stereocenters. The van der Waals surface area contributed by atoms with Gasteiger partial charge in [-0.25, -0.2) is 4.39 Å². The lowest BCUT2D eigenvalue weighted by Crippen LogP contribution is -2.44. The number of aryl methyl sites for hydroxylation is 1. The zero-order valence-corrected chi connectivity index (χ0v) is 19.5.